The molecule has 0 radical (unpaired) electrons. The van der Waals surface area contributed by atoms with Crippen molar-refractivity contribution in [3.8, 4) is 0 Å². The predicted octanol–water partition coefficient (Wildman–Crippen LogP) is 28.9. The maximum atomic E-state index is 12.9. The zero-order valence-electron chi connectivity index (χ0n) is 70.8. The van der Waals surface area contributed by atoms with Crippen LogP contribution in [-0.4, -0.2) is 99.4 Å². The van der Waals surface area contributed by atoms with Crippen LogP contribution in [0.2, 0.25) is 0 Å². The lowest BCUT2D eigenvalue weighted by Crippen LogP contribution is -2.20. The fourth-order valence-corrected chi connectivity index (χ4v) is 14.5. The molecule has 0 aromatic carbocycles. The van der Waals surface area contributed by atoms with Crippen LogP contribution in [0.25, 0.3) is 0 Å². The molecule has 0 saturated carbocycles. The minimum atomic E-state index is -0.0487. The summed E-state index contributed by atoms with van der Waals surface area (Å²) in [6.07, 6.45) is 86.0. The van der Waals surface area contributed by atoms with E-state index < -0.39 is 0 Å². The minimum Gasteiger partial charge on any atom is -0.462 e. The summed E-state index contributed by atoms with van der Waals surface area (Å²) in [6, 6.07) is 0. The molecule has 0 aliphatic rings. The van der Waals surface area contributed by atoms with Crippen LogP contribution in [-0.2, 0) is 38.1 Å². The first kappa shape index (κ1) is 102. The minimum absolute atomic E-state index is 0.00826. The summed E-state index contributed by atoms with van der Waals surface area (Å²) < 4.78 is 24.2. The first-order chi connectivity index (χ1) is 49.8. The van der Waals surface area contributed by atoms with E-state index in [1.54, 1.807) is 0 Å². The van der Waals surface area contributed by atoms with Gasteiger partial charge in [0.15, 0.2) is 0 Å². The van der Waals surface area contributed by atoms with Crippen LogP contribution in [0, 0.1) is 0 Å². The summed E-state index contributed by atoms with van der Waals surface area (Å²) in [7, 11) is 8.18. The van der Waals surface area contributed by atoms with E-state index in [2.05, 4.69) is 51.3 Å². The number of ether oxygens (including phenoxy) is 4. The predicted molar refractivity (Wildman–Crippen MR) is 443 cm³/mol. The Morgan fingerprint density at radius 3 is 0.471 bits per heavy atom. The van der Waals surface area contributed by atoms with Crippen LogP contribution in [0.1, 0.15) is 504 Å². The van der Waals surface area contributed by atoms with E-state index in [0.29, 0.717) is 25.7 Å². The summed E-state index contributed by atoms with van der Waals surface area (Å²) in [5.41, 5.74) is 0. The fourth-order valence-electron chi connectivity index (χ4n) is 14.5. The Kier molecular flexibility index (Phi) is 84.3. The molecule has 10 heteroatoms. The molecule has 0 fully saturated rings. The lowest BCUT2D eigenvalue weighted by atomic mass is 10.0. The van der Waals surface area contributed by atoms with Gasteiger partial charge in [-0.25, -0.2) is 0 Å². The second kappa shape index (κ2) is 84.4. The van der Waals surface area contributed by atoms with E-state index in [9.17, 15) is 19.2 Å². The van der Waals surface area contributed by atoms with Crippen LogP contribution >= 0.6 is 0 Å². The Morgan fingerprint density at radius 1 is 0.186 bits per heavy atom. The van der Waals surface area contributed by atoms with Crippen LogP contribution < -0.4 is 0 Å². The normalized spacial score (nSPS) is 12.2. The smallest absolute Gasteiger partial charge is 0.306 e. The van der Waals surface area contributed by atoms with Crippen molar-refractivity contribution in [2.45, 2.75) is 528 Å². The highest BCUT2D eigenvalue weighted by Crippen LogP contribution is 2.25. The van der Waals surface area contributed by atoms with Crippen molar-refractivity contribution in [1.29, 1.82) is 0 Å². The van der Waals surface area contributed by atoms with Crippen LogP contribution in [0.5, 0.6) is 0 Å². The number of rotatable bonds is 82. The third kappa shape index (κ3) is 81.9. The number of hydrogen-bond acceptors (Lipinski definition) is 10. The number of carbonyl (C=O) groups is 4. The van der Waals surface area contributed by atoms with E-state index in [1.807, 2.05) is 28.2 Å². The van der Waals surface area contributed by atoms with E-state index in [0.717, 1.165) is 142 Å². The summed E-state index contributed by atoms with van der Waals surface area (Å²) >= 11 is 0. The largest absolute Gasteiger partial charge is 0.462 e. The van der Waals surface area contributed by atoms with Crippen molar-refractivity contribution < 1.29 is 38.1 Å². The highest BCUT2D eigenvalue weighted by Gasteiger charge is 2.19. The molecule has 0 aliphatic carbocycles. The summed E-state index contributed by atoms with van der Waals surface area (Å²) in [4.78, 5) is 55.2. The summed E-state index contributed by atoms with van der Waals surface area (Å²) in [6.45, 7) is 15.5. The van der Waals surface area contributed by atoms with Gasteiger partial charge in [-0.3, -0.25) is 19.2 Å². The molecule has 0 heterocycles. The van der Waals surface area contributed by atoms with Crippen molar-refractivity contribution in [1.82, 2.24) is 9.80 Å². The van der Waals surface area contributed by atoms with Gasteiger partial charge in [-0.15, -0.1) is 0 Å². The average Bonchev–Trinajstić information content (AvgIpc) is 1.33. The first-order valence-corrected chi connectivity index (χ1v) is 45.9. The van der Waals surface area contributed by atoms with Gasteiger partial charge in [-0.1, -0.05) is 350 Å². The second-order valence-corrected chi connectivity index (χ2v) is 32.5. The molecule has 0 rings (SSSR count). The number of unbranched alkanes of at least 4 members (excludes halogenated alkanes) is 50. The quantitative estimate of drug-likeness (QED) is 0.0331. The Labute approximate surface area is 638 Å². The molecule has 0 saturated heterocycles. The van der Waals surface area contributed by atoms with Gasteiger partial charge in [0.25, 0.3) is 0 Å². The van der Waals surface area contributed by atoms with Crippen LogP contribution in [0.15, 0.2) is 0 Å². The first-order valence-electron chi connectivity index (χ1n) is 45.9. The standard InChI is InChI=1S/C49H97NO4.C43H85NO4/c1-6-9-12-15-18-20-22-25-29-34-39-46(40-35-30-26-23-21-19-16-13-10-7-2)53-48(51)43-37-32-27-31-36-42-47(41-33-28-24-17-14-11-8-3)54-49(52)44-38-45-50(4)5;1-6-9-12-15-18-21-24-28-33-40(34-29-25-22-19-16-13-10-7-2)47-42(45)37-31-26-30-36-41(35-27-23-20-17-14-11-8-3)48-43(46)38-32-39-44(4)5/h46-47H,6-45H2,1-5H3;40-41H,6-39H2,1-5H3. The lowest BCUT2D eigenvalue weighted by Gasteiger charge is -2.19. The average molecular weight is 1440 g/mol. The third-order valence-corrected chi connectivity index (χ3v) is 21.3. The highest BCUT2D eigenvalue weighted by molar-refractivity contribution is 5.70. The molecule has 0 bridgehead atoms. The van der Waals surface area contributed by atoms with Crippen molar-refractivity contribution in [3.63, 3.8) is 0 Å². The molecular formula is C92H182N2O8. The van der Waals surface area contributed by atoms with Gasteiger partial charge < -0.3 is 28.7 Å². The second-order valence-electron chi connectivity index (χ2n) is 32.5. The van der Waals surface area contributed by atoms with Crippen molar-refractivity contribution >= 4 is 23.9 Å². The van der Waals surface area contributed by atoms with Gasteiger partial charge in [0.2, 0.25) is 0 Å². The van der Waals surface area contributed by atoms with E-state index >= 15 is 0 Å². The highest BCUT2D eigenvalue weighted by atomic mass is 16.6. The summed E-state index contributed by atoms with van der Waals surface area (Å²) in [5.74, 6) is -0.0588. The van der Waals surface area contributed by atoms with Gasteiger partial charge >= 0.3 is 23.9 Å². The van der Waals surface area contributed by atoms with E-state index in [4.69, 9.17) is 18.9 Å². The van der Waals surface area contributed by atoms with Gasteiger partial charge in [-0.2, -0.15) is 0 Å². The molecule has 10 nitrogen and oxygen atoms in total. The van der Waals surface area contributed by atoms with Crippen LogP contribution in [0.3, 0.4) is 0 Å². The zero-order valence-corrected chi connectivity index (χ0v) is 70.8. The molecule has 0 N–H and O–H groups in total. The number of hydrogen-bond donors (Lipinski definition) is 0. The van der Waals surface area contributed by atoms with E-state index in [1.165, 1.54) is 308 Å². The Morgan fingerprint density at radius 2 is 0.314 bits per heavy atom. The van der Waals surface area contributed by atoms with Gasteiger partial charge in [-0.05, 0) is 170 Å². The molecule has 608 valence electrons. The van der Waals surface area contributed by atoms with Crippen molar-refractivity contribution in [3.05, 3.63) is 0 Å². The van der Waals surface area contributed by atoms with Crippen molar-refractivity contribution in [2.75, 3.05) is 41.3 Å². The maximum absolute atomic E-state index is 12.9. The Bertz CT molecular complexity index is 1650. The van der Waals surface area contributed by atoms with Crippen LogP contribution in [0.4, 0.5) is 0 Å². The lowest BCUT2D eigenvalue weighted by molar-refractivity contribution is -0.151. The zero-order chi connectivity index (χ0) is 74.9. The molecule has 0 aliphatic heterocycles. The van der Waals surface area contributed by atoms with Gasteiger partial charge in [0.1, 0.15) is 24.4 Å². The molecule has 2 atom stereocenters. The molecule has 2 unspecified atom stereocenters. The number of nitrogens with zero attached hydrogens (tertiary/aromatic N) is 2. The van der Waals surface area contributed by atoms with Crippen molar-refractivity contribution in [2.24, 2.45) is 0 Å². The molecule has 0 amide bonds. The van der Waals surface area contributed by atoms with Gasteiger partial charge in [0, 0.05) is 25.7 Å². The topological polar surface area (TPSA) is 112 Å². The number of carbonyl (C=O) groups excluding carboxylic acids is 4. The van der Waals surface area contributed by atoms with E-state index in [-0.39, 0.29) is 48.3 Å². The third-order valence-electron chi connectivity index (χ3n) is 21.3. The van der Waals surface area contributed by atoms with Gasteiger partial charge in [0.05, 0.1) is 0 Å². The Hall–Kier alpha value is -2.20. The fraction of sp³-hybridized carbons (Fsp3) is 0.957. The SMILES string of the molecule is CCCCCCCCCCC(CCCCCCCCCC)OC(=O)CCCCCC(CCCCCCCCC)OC(=O)CCCN(C)C.CCCCCCCCCCCCC(CCCCCCCCCCCC)OC(=O)CCCCCCCC(CCCCCCCCC)OC(=O)CCCN(C)C. The molecule has 0 spiro atoms. The monoisotopic (exact) mass is 1440 g/mol. The molecule has 102 heavy (non-hydrogen) atoms. The Balaban J connectivity index is 0. The maximum Gasteiger partial charge on any atom is 0.306 e. The number of esters is 4. The molecule has 0 aromatic rings. The molecule has 0 aromatic heterocycles. The summed E-state index contributed by atoms with van der Waals surface area (Å²) in [5, 5.41) is 0. The molecular weight excluding hydrogens is 1260 g/mol.